The highest BCUT2D eigenvalue weighted by Crippen LogP contribution is 2.17. The SMILES string of the molecule is CC(=O)c1cccc(Nc2ncc(C(=O)N(Cc3ccccc3)C(C)C)cn2)c1. The van der Waals surface area contributed by atoms with Crippen molar-refractivity contribution in [3.05, 3.63) is 83.7 Å². The van der Waals surface area contributed by atoms with Gasteiger partial charge in [0, 0.05) is 36.2 Å². The van der Waals surface area contributed by atoms with Gasteiger partial charge in [-0.05, 0) is 38.5 Å². The number of hydrogen-bond acceptors (Lipinski definition) is 5. The summed E-state index contributed by atoms with van der Waals surface area (Å²) in [5.74, 6) is 0.234. The Morgan fingerprint density at radius 1 is 0.966 bits per heavy atom. The molecule has 6 nitrogen and oxygen atoms in total. The molecule has 1 N–H and O–H groups in total. The fourth-order valence-corrected chi connectivity index (χ4v) is 2.88. The lowest BCUT2D eigenvalue weighted by atomic mass is 10.1. The van der Waals surface area contributed by atoms with Gasteiger partial charge < -0.3 is 10.2 Å². The van der Waals surface area contributed by atoms with E-state index in [1.807, 2.05) is 50.2 Å². The summed E-state index contributed by atoms with van der Waals surface area (Å²) in [6.45, 7) is 6.01. The highest BCUT2D eigenvalue weighted by Gasteiger charge is 2.20. The lowest BCUT2D eigenvalue weighted by Crippen LogP contribution is -2.36. The number of nitrogens with one attached hydrogen (secondary N) is 1. The van der Waals surface area contributed by atoms with Gasteiger partial charge in [0.2, 0.25) is 5.95 Å². The van der Waals surface area contributed by atoms with Crippen LogP contribution in [0.5, 0.6) is 0 Å². The van der Waals surface area contributed by atoms with Crippen molar-refractivity contribution in [3.63, 3.8) is 0 Å². The van der Waals surface area contributed by atoms with Crippen molar-refractivity contribution in [2.75, 3.05) is 5.32 Å². The molecule has 3 aromatic rings. The lowest BCUT2D eigenvalue weighted by molar-refractivity contribution is 0.0689. The van der Waals surface area contributed by atoms with Crippen molar-refractivity contribution in [1.29, 1.82) is 0 Å². The Hall–Kier alpha value is -3.54. The van der Waals surface area contributed by atoms with Crippen molar-refractivity contribution >= 4 is 23.3 Å². The Morgan fingerprint density at radius 2 is 1.66 bits per heavy atom. The summed E-state index contributed by atoms with van der Waals surface area (Å²) in [6, 6.07) is 17.0. The largest absolute Gasteiger partial charge is 0.332 e. The summed E-state index contributed by atoms with van der Waals surface area (Å²) >= 11 is 0. The van der Waals surface area contributed by atoms with Gasteiger partial charge >= 0.3 is 0 Å². The quantitative estimate of drug-likeness (QED) is 0.604. The molecule has 0 spiro atoms. The highest BCUT2D eigenvalue weighted by molar-refractivity contribution is 5.95. The van der Waals surface area contributed by atoms with Crippen LogP contribution in [0, 0.1) is 0 Å². The Morgan fingerprint density at radius 3 is 2.28 bits per heavy atom. The van der Waals surface area contributed by atoms with Crippen molar-refractivity contribution in [2.24, 2.45) is 0 Å². The average molecular weight is 388 g/mol. The minimum atomic E-state index is -0.117. The third-order valence-electron chi connectivity index (χ3n) is 4.50. The number of benzene rings is 2. The van der Waals surface area contributed by atoms with Gasteiger partial charge in [0.25, 0.3) is 5.91 Å². The fourth-order valence-electron chi connectivity index (χ4n) is 2.88. The van der Waals surface area contributed by atoms with Crippen LogP contribution in [0.25, 0.3) is 0 Å². The predicted molar refractivity (Wildman–Crippen MR) is 113 cm³/mol. The monoisotopic (exact) mass is 388 g/mol. The predicted octanol–water partition coefficient (Wildman–Crippen LogP) is 4.47. The fraction of sp³-hybridized carbons (Fsp3) is 0.217. The Labute approximate surface area is 170 Å². The second kappa shape index (κ2) is 9.10. The van der Waals surface area contributed by atoms with Gasteiger partial charge in [0.05, 0.1) is 5.56 Å². The number of carbonyl (C=O) groups excluding carboxylic acids is 2. The van der Waals surface area contributed by atoms with E-state index in [9.17, 15) is 9.59 Å². The minimum Gasteiger partial charge on any atom is -0.332 e. The van der Waals surface area contributed by atoms with Gasteiger partial charge in [-0.1, -0.05) is 42.5 Å². The average Bonchev–Trinajstić information content (AvgIpc) is 2.73. The molecule has 0 aliphatic carbocycles. The summed E-state index contributed by atoms with van der Waals surface area (Å²) in [4.78, 5) is 34.8. The number of Topliss-reactive ketones (excluding diaryl/α,β-unsaturated/α-hetero) is 1. The van der Waals surface area contributed by atoms with Gasteiger partial charge in [0.1, 0.15) is 0 Å². The topological polar surface area (TPSA) is 75.2 Å². The molecule has 0 fully saturated rings. The lowest BCUT2D eigenvalue weighted by Gasteiger charge is -2.26. The van der Waals surface area contributed by atoms with Crippen LogP contribution in [0.15, 0.2) is 67.0 Å². The summed E-state index contributed by atoms with van der Waals surface area (Å²) in [5, 5.41) is 3.06. The molecule has 0 atom stereocenters. The van der Waals surface area contributed by atoms with E-state index in [4.69, 9.17) is 0 Å². The molecule has 0 aliphatic heterocycles. The van der Waals surface area contributed by atoms with E-state index in [-0.39, 0.29) is 17.7 Å². The Balaban J connectivity index is 1.73. The Bertz CT molecular complexity index is 985. The van der Waals surface area contributed by atoms with Crippen LogP contribution >= 0.6 is 0 Å². The van der Waals surface area contributed by atoms with Crippen LogP contribution in [0.2, 0.25) is 0 Å². The van der Waals surface area contributed by atoms with E-state index in [0.29, 0.717) is 29.3 Å². The van der Waals surface area contributed by atoms with Gasteiger partial charge in [0.15, 0.2) is 5.78 Å². The molecular formula is C23H24N4O2. The smallest absolute Gasteiger partial charge is 0.257 e. The second-order valence-electron chi connectivity index (χ2n) is 7.07. The zero-order chi connectivity index (χ0) is 20.8. The molecular weight excluding hydrogens is 364 g/mol. The number of ketones is 1. The number of amides is 1. The summed E-state index contributed by atoms with van der Waals surface area (Å²) in [6.07, 6.45) is 3.04. The molecule has 0 saturated heterocycles. The molecule has 1 aromatic heterocycles. The molecule has 0 unspecified atom stereocenters. The number of aromatic nitrogens is 2. The molecule has 6 heteroatoms. The van der Waals surface area contributed by atoms with Crippen molar-refractivity contribution < 1.29 is 9.59 Å². The Kier molecular flexibility index (Phi) is 6.34. The van der Waals surface area contributed by atoms with Gasteiger partial charge in [-0.3, -0.25) is 9.59 Å². The van der Waals surface area contributed by atoms with Crippen LogP contribution in [-0.2, 0) is 6.54 Å². The molecule has 148 valence electrons. The van der Waals surface area contributed by atoms with Crippen LogP contribution in [0.3, 0.4) is 0 Å². The maximum absolute atomic E-state index is 13.0. The molecule has 2 aromatic carbocycles. The molecule has 29 heavy (non-hydrogen) atoms. The summed E-state index contributed by atoms with van der Waals surface area (Å²) < 4.78 is 0. The van der Waals surface area contributed by atoms with Crippen LogP contribution in [0.1, 0.15) is 47.1 Å². The van der Waals surface area contributed by atoms with E-state index in [1.54, 1.807) is 23.1 Å². The van der Waals surface area contributed by atoms with Crippen LogP contribution in [0.4, 0.5) is 11.6 Å². The maximum atomic E-state index is 13.0. The van der Waals surface area contributed by atoms with Crippen LogP contribution in [-0.4, -0.2) is 32.6 Å². The van der Waals surface area contributed by atoms with E-state index < -0.39 is 0 Å². The third kappa shape index (κ3) is 5.25. The van der Waals surface area contributed by atoms with E-state index >= 15 is 0 Å². The van der Waals surface area contributed by atoms with E-state index in [2.05, 4.69) is 15.3 Å². The third-order valence-corrected chi connectivity index (χ3v) is 4.50. The first-order valence-corrected chi connectivity index (χ1v) is 9.49. The number of anilines is 2. The summed E-state index contributed by atoms with van der Waals surface area (Å²) in [7, 11) is 0. The molecule has 0 bridgehead atoms. The van der Waals surface area contributed by atoms with Crippen molar-refractivity contribution in [2.45, 2.75) is 33.4 Å². The molecule has 0 aliphatic rings. The normalized spacial score (nSPS) is 10.6. The molecule has 0 saturated carbocycles. The molecule has 1 heterocycles. The van der Waals surface area contributed by atoms with Crippen molar-refractivity contribution in [1.82, 2.24) is 14.9 Å². The molecule has 0 radical (unpaired) electrons. The molecule has 1 amide bonds. The number of carbonyl (C=O) groups is 2. The zero-order valence-electron chi connectivity index (χ0n) is 16.8. The number of hydrogen-bond donors (Lipinski definition) is 1. The van der Waals surface area contributed by atoms with E-state index in [1.165, 1.54) is 19.3 Å². The van der Waals surface area contributed by atoms with Crippen LogP contribution < -0.4 is 5.32 Å². The highest BCUT2D eigenvalue weighted by atomic mass is 16.2. The summed E-state index contributed by atoms with van der Waals surface area (Å²) in [5.41, 5.74) is 2.82. The van der Waals surface area contributed by atoms with Gasteiger partial charge in [-0.25, -0.2) is 9.97 Å². The number of nitrogens with zero attached hydrogens (tertiary/aromatic N) is 3. The second-order valence-corrected chi connectivity index (χ2v) is 7.07. The first-order chi connectivity index (χ1) is 13.9. The zero-order valence-corrected chi connectivity index (χ0v) is 16.8. The standard InChI is InChI=1S/C23H24N4O2/c1-16(2)27(15-18-8-5-4-6-9-18)22(29)20-13-24-23(25-14-20)26-21-11-7-10-19(12-21)17(3)28/h4-14,16H,15H2,1-3H3,(H,24,25,26). The minimum absolute atomic E-state index is 0.0114. The maximum Gasteiger partial charge on any atom is 0.257 e. The van der Waals surface area contributed by atoms with Gasteiger partial charge in [-0.2, -0.15) is 0 Å². The first-order valence-electron chi connectivity index (χ1n) is 9.49. The molecule has 3 rings (SSSR count). The van der Waals surface area contributed by atoms with E-state index in [0.717, 1.165) is 5.56 Å². The first kappa shape index (κ1) is 20.2. The number of rotatable bonds is 7. The van der Waals surface area contributed by atoms with Gasteiger partial charge in [-0.15, -0.1) is 0 Å². The van der Waals surface area contributed by atoms with Crippen molar-refractivity contribution in [3.8, 4) is 0 Å².